The fourth-order valence-electron chi connectivity index (χ4n) is 2.21. The lowest BCUT2D eigenvalue weighted by Gasteiger charge is -2.16. The van der Waals surface area contributed by atoms with Crippen molar-refractivity contribution in [1.29, 1.82) is 0 Å². The molecule has 0 fully saturated rings. The van der Waals surface area contributed by atoms with Crippen molar-refractivity contribution in [2.24, 2.45) is 0 Å². The number of esters is 1. The zero-order valence-electron chi connectivity index (χ0n) is 10.1. The molecule has 1 heterocycles. The van der Waals surface area contributed by atoms with Crippen LogP contribution in [0, 0.1) is 20.8 Å². The van der Waals surface area contributed by atoms with Crippen LogP contribution in [0.4, 0.5) is 0 Å². The number of hydrogen-bond donors (Lipinski definition) is 0. The number of carbonyl (C=O) groups is 1. The van der Waals surface area contributed by atoms with E-state index >= 15 is 0 Å². The molecule has 1 aliphatic rings. The van der Waals surface area contributed by atoms with Crippen LogP contribution < -0.4 is 4.74 Å². The Hall–Kier alpha value is -1.35. The van der Waals surface area contributed by atoms with Crippen molar-refractivity contribution >= 4 is 5.97 Å². The summed E-state index contributed by atoms with van der Waals surface area (Å²) in [5.41, 5.74) is 5.68. The Balaban J connectivity index is 2.62. The third kappa shape index (κ3) is 1.61. The first kappa shape index (κ1) is 11.1. The van der Waals surface area contributed by atoms with E-state index in [1.807, 2.05) is 13.8 Å². The van der Waals surface area contributed by atoms with Crippen LogP contribution in [-0.4, -0.2) is 5.97 Å². The molecule has 1 aliphatic heterocycles. The molecule has 0 radical (unpaired) electrons. The van der Waals surface area contributed by atoms with Gasteiger partial charge in [0.25, 0.3) is 0 Å². The maximum Gasteiger partial charge on any atom is 0.308 e. The molecular weight excluding hydrogens is 204 g/mol. The second-order valence-electron chi connectivity index (χ2n) is 4.25. The summed E-state index contributed by atoms with van der Waals surface area (Å²) in [6.45, 7) is 8.74. The van der Waals surface area contributed by atoms with Crippen LogP contribution in [0.1, 0.15) is 34.7 Å². The molecule has 0 unspecified atom stereocenters. The molecule has 86 valence electrons. The Morgan fingerprint density at radius 3 is 2.19 bits per heavy atom. The van der Waals surface area contributed by atoms with E-state index in [1.54, 1.807) is 0 Å². The van der Waals surface area contributed by atoms with Crippen LogP contribution >= 0.6 is 0 Å². The monoisotopic (exact) mass is 220 g/mol. The Labute approximate surface area is 95.4 Å². The highest BCUT2D eigenvalue weighted by molar-refractivity contribution is 5.71. The van der Waals surface area contributed by atoms with Crippen LogP contribution in [-0.2, 0) is 22.7 Å². The van der Waals surface area contributed by atoms with E-state index in [1.165, 1.54) is 23.6 Å². The Bertz CT molecular complexity index is 461. The first-order valence-corrected chi connectivity index (χ1v) is 5.40. The summed E-state index contributed by atoms with van der Waals surface area (Å²) in [7, 11) is 0. The van der Waals surface area contributed by atoms with Crippen molar-refractivity contribution in [3.63, 3.8) is 0 Å². The minimum absolute atomic E-state index is 0.274. The predicted molar refractivity (Wildman–Crippen MR) is 60.5 cm³/mol. The molecule has 1 aromatic rings. The summed E-state index contributed by atoms with van der Waals surface area (Å²) < 4.78 is 10.7. The van der Waals surface area contributed by atoms with Gasteiger partial charge in [0.2, 0.25) is 0 Å². The zero-order chi connectivity index (χ0) is 11.9. The highest BCUT2D eigenvalue weighted by atomic mass is 16.5. The molecule has 3 nitrogen and oxygen atoms in total. The Morgan fingerprint density at radius 1 is 1.06 bits per heavy atom. The Morgan fingerprint density at radius 2 is 1.62 bits per heavy atom. The lowest BCUT2D eigenvalue weighted by Crippen LogP contribution is -2.08. The van der Waals surface area contributed by atoms with E-state index in [-0.39, 0.29) is 5.97 Å². The average molecular weight is 220 g/mol. The molecule has 0 amide bonds. The summed E-state index contributed by atoms with van der Waals surface area (Å²) in [4.78, 5) is 11.1. The number of carbonyl (C=O) groups excluding carboxylic acids is 1. The number of rotatable bonds is 1. The fourth-order valence-corrected chi connectivity index (χ4v) is 2.21. The van der Waals surface area contributed by atoms with Gasteiger partial charge in [-0.25, -0.2) is 0 Å². The molecule has 16 heavy (non-hydrogen) atoms. The molecule has 0 aromatic heterocycles. The first-order valence-electron chi connectivity index (χ1n) is 5.40. The quantitative estimate of drug-likeness (QED) is 0.539. The van der Waals surface area contributed by atoms with Crippen molar-refractivity contribution in [1.82, 2.24) is 0 Å². The van der Waals surface area contributed by atoms with Gasteiger partial charge in [-0.2, -0.15) is 0 Å². The fraction of sp³-hybridized carbons (Fsp3) is 0.462. The number of fused-ring (bicyclic) bond motifs is 1. The van der Waals surface area contributed by atoms with Crippen molar-refractivity contribution in [2.45, 2.75) is 40.9 Å². The van der Waals surface area contributed by atoms with Gasteiger partial charge in [0.1, 0.15) is 5.75 Å². The van der Waals surface area contributed by atoms with Crippen molar-refractivity contribution in [3.05, 3.63) is 27.8 Å². The van der Waals surface area contributed by atoms with Gasteiger partial charge in [0.05, 0.1) is 13.2 Å². The van der Waals surface area contributed by atoms with E-state index < -0.39 is 0 Å². The maximum atomic E-state index is 11.1. The minimum Gasteiger partial charge on any atom is -0.426 e. The number of benzene rings is 1. The van der Waals surface area contributed by atoms with Gasteiger partial charge >= 0.3 is 5.97 Å². The van der Waals surface area contributed by atoms with E-state index in [9.17, 15) is 4.79 Å². The molecule has 0 N–H and O–H groups in total. The molecular formula is C13H16O3. The van der Waals surface area contributed by atoms with Crippen LogP contribution in [0.2, 0.25) is 0 Å². The average Bonchev–Trinajstić information content (AvgIpc) is 2.70. The van der Waals surface area contributed by atoms with Crippen molar-refractivity contribution < 1.29 is 14.3 Å². The highest BCUT2D eigenvalue weighted by Crippen LogP contribution is 2.36. The third-order valence-electron chi connectivity index (χ3n) is 3.25. The third-order valence-corrected chi connectivity index (χ3v) is 3.25. The van der Waals surface area contributed by atoms with Gasteiger partial charge in [-0.1, -0.05) is 0 Å². The molecule has 0 saturated heterocycles. The lowest BCUT2D eigenvalue weighted by atomic mass is 9.94. The summed E-state index contributed by atoms with van der Waals surface area (Å²) in [6, 6.07) is 0. The smallest absolute Gasteiger partial charge is 0.308 e. The number of hydrogen-bond acceptors (Lipinski definition) is 3. The summed E-state index contributed by atoms with van der Waals surface area (Å²) >= 11 is 0. The molecule has 2 rings (SSSR count). The van der Waals surface area contributed by atoms with E-state index in [4.69, 9.17) is 9.47 Å². The second kappa shape index (κ2) is 3.91. The summed E-state index contributed by atoms with van der Waals surface area (Å²) in [6.07, 6.45) is 0. The van der Waals surface area contributed by atoms with E-state index in [2.05, 4.69) is 6.92 Å². The van der Waals surface area contributed by atoms with E-state index in [0.29, 0.717) is 19.0 Å². The largest absolute Gasteiger partial charge is 0.426 e. The first-order chi connectivity index (χ1) is 7.52. The van der Waals surface area contributed by atoms with Gasteiger partial charge in [0.15, 0.2) is 0 Å². The molecule has 0 atom stereocenters. The summed E-state index contributed by atoms with van der Waals surface area (Å²) in [5.74, 6) is 0.429. The van der Waals surface area contributed by atoms with Gasteiger partial charge in [-0.05, 0) is 48.6 Å². The van der Waals surface area contributed by atoms with Crippen molar-refractivity contribution in [3.8, 4) is 5.75 Å². The SMILES string of the molecule is CC(=O)Oc1c(C)c(C)c2c(c1C)COC2. The maximum absolute atomic E-state index is 11.1. The normalized spacial score (nSPS) is 13.8. The predicted octanol–water partition coefficient (Wildman–Crippen LogP) is 2.57. The molecule has 1 aromatic carbocycles. The number of ether oxygens (including phenoxy) is 2. The highest BCUT2D eigenvalue weighted by Gasteiger charge is 2.22. The molecule has 0 bridgehead atoms. The van der Waals surface area contributed by atoms with Crippen LogP contribution in [0.3, 0.4) is 0 Å². The van der Waals surface area contributed by atoms with Gasteiger partial charge in [-0.3, -0.25) is 4.79 Å². The molecule has 0 aliphatic carbocycles. The van der Waals surface area contributed by atoms with Crippen LogP contribution in [0.15, 0.2) is 0 Å². The second-order valence-corrected chi connectivity index (χ2v) is 4.25. The topological polar surface area (TPSA) is 35.5 Å². The van der Waals surface area contributed by atoms with Gasteiger partial charge in [0, 0.05) is 6.92 Å². The standard InChI is InChI=1S/C13H16O3/c1-7-8(2)13(16-10(4)14)9(3)12-6-15-5-11(7)12/h5-6H2,1-4H3. The molecule has 0 saturated carbocycles. The van der Waals surface area contributed by atoms with Crippen molar-refractivity contribution in [2.75, 3.05) is 0 Å². The minimum atomic E-state index is -0.274. The zero-order valence-corrected chi connectivity index (χ0v) is 10.1. The van der Waals surface area contributed by atoms with E-state index in [0.717, 1.165) is 11.1 Å². The van der Waals surface area contributed by atoms with Crippen LogP contribution in [0.5, 0.6) is 5.75 Å². The van der Waals surface area contributed by atoms with Gasteiger partial charge in [-0.15, -0.1) is 0 Å². The Kier molecular flexibility index (Phi) is 2.72. The molecule has 0 spiro atoms. The summed E-state index contributed by atoms with van der Waals surface area (Å²) in [5, 5.41) is 0. The molecule has 3 heteroatoms. The van der Waals surface area contributed by atoms with Crippen LogP contribution in [0.25, 0.3) is 0 Å². The lowest BCUT2D eigenvalue weighted by molar-refractivity contribution is -0.131. The van der Waals surface area contributed by atoms with Gasteiger partial charge < -0.3 is 9.47 Å².